The first-order valence-corrected chi connectivity index (χ1v) is 10.1. The molecule has 1 N–H and O–H groups in total. The molecule has 132 valence electrons. The van der Waals surface area contributed by atoms with Gasteiger partial charge in [0.15, 0.2) is 0 Å². The molecule has 0 fully saturated rings. The average Bonchev–Trinajstić information content (AvgIpc) is 3.20. The number of hydrogen-bond acceptors (Lipinski definition) is 6. The van der Waals surface area contributed by atoms with Gasteiger partial charge in [-0.2, -0.15) is 0 Å². The third-order valence-corrected chi connectivity index (χ3v) is 5.97. The van der Waals surface area contributed by atoms with Gasteiger partial charge in [-0.25, -0.2) is 9.97 Å². The molecule has 0 saturated heterocycles. The van der Waals surface area contributed by atoms with Crippen molar-refractivity contribution in [2.45, 2.75) is 45.2 Å². The van der Waals surface area contributed by atoms with E-state index in [0.717, 1.165) is 39.7 Å². The monoisotopic (exact) mass is 375 g/mol. The van der Waals surface area contributed by atoms with E-state index < -0.39 is 0 Å². The van der Waals surface area contributed by atoms with Crippen molar-refractivity contribution in [3.05, 3.63) is 40.4 Å². The molecule has 25 heavy (non-hydrogen) atoms. The van der Waals surface area contributed by atoms with Crippen LogP contribution in [0.15, 0.2) is 27.8 Å². The van der Waals surface area contributed by atoms with Gasteiger partial charge in [0.25, 0.3) is 0 Å². The lowest BCUT2D eigenvalue weighted by Crippen LogP contribution is -2.24. The van der Waals surface area contributed by atoms with Crippen molar-refractivity contribution >= 4 is 39.2 Å². The summed E-state index contributed by atoms with van der Waals surface area (Å²) in [5.41, 5.74) is 1.21. The van der Waals surface area contributed by atoms with Crippen LogP contribution in [-0.4, -0.2) is 21.6 Å². The Kier molecular flexibility index (Phi) is 5.75. The lowest BCUT2D eigenvalue weighted by molar-refractivity contribution is -0.118. The molecule has 0 radical (unpaired) electrons. The summed E-state index contributed by atoms with van der Waals surface area (Å²) in [4.78, 5) is 23.8. The highest BCUT2D eigenvalue weighted by Crippen LogP contribution is 2.35. The van der Waals surface area contributed by atoms with Gasteiger partial charge in [-0.1, -0.05) is 18.7 Å². The van der Waals surface area contributed by atoms with Crippen LogP contribution in [0.3, 0.4) is 0 Å². The van der Waals surface area contributed by atoms with Crippen LogP contribution < -0.4 is 5.32 Å². The fourth-order valence-electron chi connectivity index (χ4n) is 2.48. The first kappa shape index (κ1) is 17.9. The average molecular weight is 376 g/mol. The van der Waals surface area contributed by atoms with Gasteiger partial charge in [0, 0.05) is 16.7 Å². The summed E-state index contributed by atoms with van der Waals surface area (Å²) in [6.45, 7) is 6.72. The molecule has 0 aliphatic rings. The lowest BCUT2D eigenvalue weighted by Gasteiger charge is -2.07. The number of thiophene rings is 1. The van der Waals surface area contributed by atoms with E-state index in [2.05, 4.69) is 31.1 Å². The molecule has 3 aromatic rings. The number of amides is 1. The molecule has 1 amide bonds. The second kappa shape index (κ2) is 8.01. The third-order valence-electron chi connectivity index (χ3n) is 3.90. The van der Waals surface area contributed by atoms with Crippen molar-refractivity contribution in [3.8, 4) is 0 Å². The Labute approximate surface area is 155 Å². The zero-order valence-electron chi connectivity index (χ0n) is 14.6. The Morgan fingerprint density at radius 2 is 2.20 bits per heavy atom. The van der Waals surface area contributed by atoms with Gasteiger partial charge in [0.1, 0.15) is 21.4 Å². The number of rotatable bonds is 7. The molecule has 5 nitrogen and oxygen atoms in total. The summed E-state index contributed by atoms with van der Waals surface area (Å²) in [5.74, 6) is 1.90. The SMILES string of the molecule is CCCc1nc(SCC(=O)NCc2ccco2)c2c(C)c(C)sc2n1. The number of fused-ring (bicyclic) bond motifs is 1. The van der Waals surface area contributed by atoms with E-state index >= 15 is 0 Å². The molecular formula is C18H21N3O2S2. The summed E-state index contributed by atoms with van der Waals surface area (Å²) >= 11 is 3.17. The van der Waals surface area contributed by atoms with Crippen molar-refractivity contribution in [1.82, 2.24) is 15.3 Å². The topological polar surface area (TPSA) is 68.0 Å². The van der Waals surface area contributed by atoms with Gasteiger partial charge in [0.2, 0.25) is 5.91 Å². The minimum Gasteiger partial charge on any atom is -0.467 e. The number of carbonyl (C=O) groups excluding carboxylic acids is 1. The van der Waals surface area contributed by atoms with Crippen molar-refractivity contribution in [3.63, 3.8) is 0 Å². The minimum atomic E-state index is -0.0326. The molecule has 0 aliphatic carbocycles. The molecule has 0 unspecified atom stereocenters. The predicted molar refractivity (Wildman–Crippen MR) is 102 cm³/mol. The normalized spacial score (nSPS) is 11.2. The molecule has 0 saturated carbocycles. The first-order chi connectivity index (χ1) is 12.1. The maximum Gasteiger partial charge on any atom is 0.230 e. The second-order valence-electron chi connectivity index (χ2n) is 5.80. The van der Waals surface area contributed by atoms with E-state index in [-0.39, 0.29) is 5.91 Å². The van der Waals surface area contributed by atoms with Crippen molar-refractivity contribution in [1.29, 1.82) is 0 Å². The zero-order valence-corrected chi connectivity index (χ0v) is 16.2. The van der Waals surface area contributed by atoms with Crippen LogP contribution in [0.25, 0.3) is 10.2 Å². The van der Waals surface area contributed by atoms with Crippen LogP contribution in [0.5, 0.6) is 0 Å². The molecule has 3 rings (SSSR count). The number of aryl methyl sites for hydroxylation is 3. The Morgan fingerprint density at radius 1 is 1.36 bits per heavy atom. The predicted octanol–water partition coefficient (Wildman–Crippen LogP) is 4.26. The Bertz CT molecular complexity index is 872. The summed E-state index contributed by atoms with van der Waals surface area (Å²) < 4.78 is 5.22. The highest BCUT2D eigenvalue weighted by molar-refractivity contribution is 8.00. The third kappa shape index (κ3) is 4.22. The largest absolute Gasteiger partial charge is 0.467 e. The molecule has 3 aromatic heterocycles. The zero-order chi connectivity index (χ0) is 17.8. The smallest absolute Gasteiger partial charge is 0.230 e. The maximum absolute atomic E-state index is 12.1. The standard InChI is InChI=1S/C18H21N3O2S2/c1-4-6-14-20-17(16-11(2)12(3)25-18(16)21-14)24-10-15(22)19-9-13-7-5-8-23-13/h5,7-8H,4,6,9-10H2,1-3H3,(H,19,22). The van der Waals surface area contributed by atoms with Crippen LogP contribution in [0, 0.1) is 13.8 Å². The lowest BCUT2D eigenvalue weighted by atomic mass is 10.2. The minimum absolute atomic E-state index is 0.0326. The molecule has 0 spiro atoms. The molecule has 0 bridgehead atoms. The van der Waals surface area contributed by atoms with Gasteiger partial charge in [-0.15, -0.1) is 11.3 Å². The molecule has 0 atom stereocenters. The Balaban J connectivity index is 1.74. The van der Waals surface area contributed by atoms with E-state index in [9.17, 15) is 4.79 Å². The number of thioether (sulfide) groups is 1. The highest BCUT2D eigenvalue weighted by atomic mass is 32.2. The summed E-state index contributed by atoms with van der Waals surface area (Å²) in [7, 11) is 0. The number of nitrogens with one attached hydrogen (secondary N) is 1. The fraction of sp³-hybridized carbons (Fsp3) is 0.389. The van der Waals surface area contributed by atoms with E-state index in [1.165, 1.54) is 22.2 Å². The van der Waals surface area contributed by atoms with Crippen LogP contribution in [0.1, 0.15) is 35.4 Å². The second-order valence-corrected chi connectivity index (χ2v) is 7.97. The molecule has 0 aromatic carbocycles. The van der Waals surface area contributed by atoms with Gasteiger partial charge in [0.05, 0.1) is 18.6 Å². The van der Waals surface area contributed by atoms with Crippen molar-refractivity contribution in [2.24, 2.45) is 0 Å². The first-order valence-electron chi connectivity index (χ1n) is 8.27. The summed E-state index contributed by atoms with van der Waals surface area (Å²) in [6.07, 6.45) is 3.46. The van der Waals surface area contributed by atoms with Crippen LogP contribution >= 0.6 is 23.1 Å². The Hall–Kier alpha value is -1.86. The van der Waals surface area contributed by atoms with E-state index in [4.69, 9.17) is 9.40 Å². The number of nitrogens with zero attached hydrogens (tertiary/aromatic N) is 2. The van der Waals surface area contributed by atoms with Crippen molar-refractivity contribution < 1.29 is 9.21 Å². The van der Waals surface area contributed by atoms with Gasteiger partial charge in [-0.05, 0) is 38.0 Å². The maximum atomic E-state index is 12.1. The van der Waals surface area contributed by atoms with E-state index in [0.29, 0.717) is 12.3 Å². The van der Waals surface area contributed by atoms with Gasteiger partial charge >= 0.3 is 0 Å². The number of hydrogen-bond donors (Lipinski definition) is 1. The van der Waals surface area contributed by atoms with E-state index in [1.54, 1.807) is 17.6 Å². The highest BCUT2D eigenvalue weighted by Gasteiger charge is 2.16. The van der Waals surface area contributed by atoms with Crippen LogP contribution in [0.4, 0.5) is 0 Å². The number of carbonyl (C=O) groups is 1. The Morgan fingerprint density at radius 3 is 2.92 bits per heavy atom. The summed E-state index contributed by atoms with van der Waals surface area (Å²) in [6, 6.07) is 3.65. The number of aromatic nitrogens is 2. The number of furan rings is 1. The fourth-order valence-corrected chi connectivity index (χ4v) is 4.53. The quantitative estimate of drug-likeness (QED) is 0.493. The van der Waals surface area contributed by atoms with Gasteiger partial charge in [-0.3, -0.25) is 4.79 Å². The summed E-state index contributed by atoms with van der Waals surface area (Å²) in [5, 5.41) is 4.86. The molecule has 0 aliphatic heterocycles. The van der Waals surface area contributed by atoms with Gasteiger partial charge < -0.3 is 9.73 Å². The van der Waals surface area contributed by atoms with Crippen molar-refractivity contribution in [2.75, 3.05) is 5.75 Å². The van der Waals surface area contributed by atoms with Crippen LogP contribution in [0.2, 0.25) is 0 Å². The van der Waals surface area contributed by atoms with E-state index in [1.807, 2.05) is 12.1 Å². The molecular weight excluding hydrogens is 354 g/mol. The van der Waals surface area contributed by atoms with Crippen LogP contribution in [-0.2, 0) is 17.8 Å². The molecule has 3 heterocycles. The molecule has 7 heteroatoms.